The van der Waals surface area contributed by atoms with Crippen molar-refractivity contribution in [1.29, 1.82) is 0 Å². The summed E-state index contributed by atoms with van der Waals surface area (Å²) in [5, 5.41) is 9.85. The smallest absolute Gasteiger partial charge is 0.439 e. The molecule has 1 aromatic rings. The first-order chi connectivity index (χ1) is 21.9. The van der Waals surface area contributed by atoms with Crippen LogP contribution in [0.5, 0.6) is 5.75 Å². The third kappa shape index (κ3) is 10.0. The molecule has 0 aromatic heterocycles. The average Bonchev–Trinajstić information content (AvgIpc) is 3.23. The number of carbonyl (C=O) groups excluding carboxylic acids is 3. The second-order valence-electron chi connectivity index (χ2n) is 15.2. The molecule has 1 fully saturated rings. The number of nitrogens with zero attached hydrogens (tertiary/aromatic N) is 1. The van der Waals surface area contributed by atoms with Crippen LogP contribution in [0.15, 0.2) is 30.4 Å². The molecule has 1 aromatic carbocycles. The molecule has 2 heterocycles. The molecule has 0 unspecified atom stereocenters. The van der Waals surface area contributed by atoms with Gasteiger partial charge in [-0.3, -0.25) is 9.63 Å². The third-order valence-electron chi connectivity index (χ3n) is 8.33. The molecule has 2 aliphatic heterocycles. The van der Waals surface area contributed by atoms with E-state index in [1.54, 1.807) is 59.8 Å². The predicted molar refractivity (Wildman–Crippen MR) is 182 cm³/mol. The molecule has 2 aliphatic rings. The molecule has 0 radical (unpaired) electrons. The summed E-state index contributed by atoms with van der Waals surface area (Å²) in [6.45, 7) is 21.3. The molecule has 4 atom stereocenters. The number of aliphatic carboxylic acids is 1. The van der Waals surface area contributed by atoms with Gasteiger partial charge in [-0.1, -0.05) is 45.9 Å². The van der Waals surface area contributed by atoms with Crippen molar-refractivity contribution in [1.82, 2.24) is 0 Å². The van der Waals surface area contributed by atoms with Gasteiger partial charge in [0.05, 0.1) is 11.8 Å². The molecule has 1 amide bonds. The van der Waals surface area contributed by atoms with Gasteiger partial charge in [-0.15, -0.1) is 0 Å². The molecule has 3 rings (SSSR count). The highest BCUT2D eigenvalue weighted by Crippen LogP contribution is 2.41. The molecule has 0 saturated carbocycles. The Hall–Kier alpha value is -3.52. The minimum atomic E-state index is -2.64. The van der Waals surface area contributed by atoms with E-state index in [1.165, 1.54) is 18.2 Å². The molecule has 266 valence electrons. The first-order valence-corrected chi connectivity index (χ1v) is 19.0. The van der Waals surface area contributed by atoms with Gasteiger partial charge in [-0.05, 0) is 83.8 Å². The van der Waals surface area contributed by atoms with Crippen molar-refractivity contribution in [2.45, 2.75) is 123 Å². The summed E-state index contributed by atoms with van der Waals surface area (Å²) in [7, 11) is -2.64. The number of carbonyl (C=O) groups is 4. The number of fused-ring (bicyclic) bond motifs is 2. The summed E-state index contributed by atoms with van der Waals surface area (Å²) in [5.74, 6) is -3.47. The molecule has 0 spiro atoms. The van der Waals surface area contributed by atoms with Crippen LogP contribution in [0.1, 0.15) is 91.6 Å². The van der Waals surface area contributed by atoms with E-state index in [1.807, 2.05) is 40.8 Å². The zero-order valence-electron chi connectivity index (χ0n) is 30.2. The van der Waals surface area contributed by atoms with E-state index < -0.39 is 62.7 Å². The number of amides is 1. The quantitative estimate of drug-likeness (QED) is 0.186. The predicted octanol–water partition coefficient (Wildman–Crippen LogP) is 7.07. The van der Waals surface area contributed by atoms with Crippen LogP contribution in [0.2, 0.25) is 18.1 Å². The number of ketones is 1. The summed E-state index contributed by atoms with van der Waals surface area (Å²) in [6.07, 6.45) is 3.66. The number of anilines is 1. The molecule has 12 nitrogen and oxygen atoms in total. The number of hydroxylamine groups is 1. The fourth-order valence-corrected chi connectivity index (χ4v) is 5.68. The fraction of sp³-hybridized carbons (Fsp3) is 0.600. The lowest BCUT2D eigenvalue weighted by Crippen LogP contribution is -2.44. The van der Waals surface area contributed by atoms with Crippen LogP contribution in [-0.2, 0) is 33.4 Å². The van der Waals surface area contributed by atoms with Crippen LogP contribution < -0.4 is 9.49 Å². The zero-order chi connectivity index (χ0) is 36.4. The minimum Gasteiger partial charge on any atom is -0.543 e. The van der Waals surface area contributed by atoms with Gasteiger partial charge in [0.1, 0.15) is 29.1 Å². The first-order valence-electron chi connectivity index (χ1n) is 16.1. The van der Waals surface area contributed by atoms with E-state index in [0.717, 1.165) is 5.06 Å². The molecule has 0 bridgehead atoms. The maximum atomic E-state index is 14.1. The van der Waals surface area contributed by atoms with Crippen LogP contribution in [0, 0.1) is 5.92 Å². The van der Waals surface area contributed by atoms with Crippen LogP contribution in [0.3, 0.4) is 0 Å². The van der Waals surface area contributed by atoms with Crippen molar-refractivity contribution in [2.24, 2.45) is 5.92 Å². The molecule has 13 heteroatoms. The number of ether oxygens (including phenoxy) is 4. The highest BCUT2D eigenvalue weighted by atomic mass is 28.4. The lowest BCUT2D eigenvalue weighted by Gasteiger charge is -2.37. The van der Waals surface area contributed by atoms with Gasteiger partial charge < -0.3 is 28.5 Å². The van der Waals surface area contributed by atoms with Crippen molar-refractivity contribution in [3.8, 4) is 5.75 Å². The number of esters is 1. The molecule has 1 N–H and O–H groups in total. The Morgan fingerprint density at radius 1 is 1.04 bits per heavy atom. The zero-order valence-corrected chi connectivity index (χ0v) is 31.2. The van der Waals surface area contributed by atoms with E-state index in [0.29, 0.717) is 5.56 Å². The van der Waals surface area contributed by atoms with Gasteiger partial charge in [-0.25, -0.2) is 14.4 Å². The molecule has 0 aliphatic carbocycles. The van der Waals surface area contributed by atoms with Gasteiger partial charge in [-0.2, -0.15) is 5.06 Å². The van der Waals surface area contributed by atoms with Crippen molar-refractivity contribution in [3.05, 3.63) is 41.5 Å². The van der Waals surface area contributed by atoms with Crippen LogP contribution >= 0.6 is 0 Å². The topological polar surface area (TPSA) is 147 Å². The number of carboxylic acid groups (broad SMARTS) is 1. The number of carboxylic acids is 1. The standard InChI is InChI=1S/C35H51NO11Si/c1-21-16-17-25(37)30-26(44-35(9,10)45-30)15-13-14-23-18-24(36(42-20-28(38)39)32(41)46-33(3,4)5)19-27(29(23)31(40)43-22(21)2)47-48(11,12)34(6,7)8/h13-14,16-19,21-22,26,30H,15,20H2,1-12H3,(H,38,39)/t21-,22+,26+,30-/m1/s1. The Labute approximate surface area is 284 Å². The maximum Gasteiger partial charge on any atom is 0.439 e. The van der Waals surface area contributed by atoms with Crippen molar-refractivity contribution < 1.29 is 52.5 Å². The van der Waals surface area contributed by atoms with Gasteiger partial charge in [0.15, 0.2) is 18.2 Å². The van der Waals surface area contributed by atoms with Crippen molar-refractivity contribution in [2.75, 3.05) is 11.7 Å². The van der Waals surface area contributed by atoms with Crippen LogP contribution in [-0.4, -0.2) is 73.5 Å². The van der Waals surface area contributed by atoms with Crippen LogP contribution in [0.25, 0.3) is 6.08 Å². The van der Waals surface area contributed by atoms with Gasteiger partial charge in [0, 0.05) is 12.0 Å². The summed E-state index contributed by atoms with van der Waals surface area (Å²) in [6, 6.07) is 2.96. The Morgan fingerprint density at radius 2 is 1.69 bits per heavy atom. The number of benzene rings is 1. The summed E-state index contributed by atoms with van der Waals surface area (Å²) in [4.78, 5) is 57.6. The highest BCUT2D eigenvalue weighted by Gasteiger charge is 2.44. The number of cyclic esters (lactones) is 1. The third-order valence-corrected chi connectivity index (χ3v) is 12.7. The Bertz CT molecular complexity index is 1450. The van der Waals surface area contributed by atoms with Crippen molar-refractivity contribution in [3.63, 3.8) is 0 Å². The van der Waals surface area contributed by atoms with E-state index in [-0.39, 0.29) is 40.2 Å². The van der Waals surface area contributed by atoms with Gasteiger partial charge in [0.2, 0.25) is 0 Å². The van der Waals surface area contributed by atoms with Gasteiger partial charge in [0.25, 0.3) is 8.32 Å². The monoisotopic (exact) mass is 689 g/mol. The lowest BCUT2D eigenvalue weighted by atomic mass is 9.99. The van der Waals surface area contributed by atoms with Gasteiger partial charge >= 0.3 is 18.0 Å². The summed E-state index contributed by atoms with van der Waals surface area (Å²) >= 11 is 0. The molecular formula is C35H51NO11Si. The Morgan fingerprint density at radius 3 is 2.27 bits per heavy atom. The Balaban J connectivity index is 2.31. The van der Waals surface area contributed by atoms with Crippen LogP contribution in [0.4, 0.5) is 10.5 Å². The lowest BCUT2D eigenvalue weighted by molar-refractivity contribution is -0.152. The molecule has 1 saturated heterocycles. The minimum absolute atomic E-state index is 0.0653. The summed E-state index contributed by atoms with van der Waals surface area (Å²) in [5.41, 5.74) is -0.465. The number of hydrogen-bond donors (Lipinski definition) is 1. The Kier molecular flexibility index (Phi) is 11.8. The average molecular weight is 690 g/mol. The largest absolute Gasteiger partial charge is 0.543 e. The summed E-state index contributed by atoms with van der Waals surface area (Å²) < 4.78 is 30.3. The highest BCUT2D eigenvalue weighted by molar-refractivity contribution is 6.74. The number of rotatable bonds is 6. The SMILES string of the molecule is C[C@@H]1C=CC(=O)[C@H]2OC(C)(C)O[C@H]2CC=Cc2cc(N(OCC(=O)O)C(=O)OC(C)(C)C)cc(O[Si](C)(C)C(C)(C)C)c2C(=O)O[C@H]1C. The maximum absolute atomic E-state index is 14.1. The fourth-order valence-electron chi connectivity index (χ4n) is 4.66. The second-order valence-corrected chi connectivity index (χ2v) is 19.9. The van der Waals surface area contributed by atoms with Crippen molar-refractivity contribution >= 4 is 43.9 Å². The normalized spacial score (nSPS) is 23.4. The molecular weight excluding hydrogens is 638 g/mol. The van der Waals surface area contributed by atoms with E-state index in [4.69, 9.17) is 28.2 Å². The van der Waals surface area contributed by atoms with E-state index >= 15 is 0 Å². The van der Waals surface area contributed by atoms with E-state index in [9.17, 15) is 24.3 Å². The second kappa shape index (κ2) is 14.5. The number of hydrogen-bond acceptors (Lipinski definition) is 10. The van der Waals surface area contributed by atoms with E-state index in [2.05, 4.69) is 0 Å². The molecule has 48 heavy (non-hydrogen) atoms. The first kappa shape index (κ1) is 38.9.